The Kier molecular flexibility index (Phi) is 3.75. The van der Waals surface area contributed by atoms with Gasteiger partial charge < -0.3 is 10.0 Å². The number of aliphatic hydroxyl groups is 1. The summed E-state index contributed by atoms with van der Waals surface area (Å²) in [5.74, 6) is 0.0160. The van der Waals surface area contributed by atoms with Crippen LogP contribution in [0.4, 0.5) is 0 Å². The van der Waals surface area contributed by atoms with Gasteiger partial charge in [-0.05, 0) is 23.6 Å². The van der Waals surface area contributed by atoms with E-state index >= 15 is 0 Å². The molecule has 5 heteroatoms. The van der Waals surface area contributed by atoms with Gasteiger partial charge in [-0.1, -0.05) is 24.3 Å². The molecule has 3 rings (SSSR count). The molecule has 21 heavy (non-hydrogen) atoms. The highest BCUT2D eigenvalue weighted by Crippen LogP contribution is 2.29. The van der Waals surface area contributed by atoms with Crippen molar-refractivity contribution >= 4 is 5.91 Å². The number of nitrogens with zero attached hydrogens (tertiary/aromatic N) is 3. The van der Waals surface area contributed by atoms with E-state index < -0.39 is 0 Å². The summed E-state index contributed by atoms with van der Waals surface area (Å²) in [5.41, 5.74) is 3.04. The standard InChI is InChI=1S/C16H19N3O2/c1-18-8-7-13(17-18)10-16(21)19-9-6-12-4-2-3-5-14(12)15(19)11-20/h2-5,7-8,15,20H,6,9-11H2,1H3. The van der Waals surface area contributed by atoms with Gasteiger partial charge in [0.15, 0.2) is 0 Å². The van der Waals surface area contributed by atoms with Crippen LogP contribution in [0, 0.1) is 0 Å². The molecule has 0 bridgehead atoms. The Morgan fingerprint density at radius 3 is 2.90 bits per heavy atom. The molecule has 1 aliphatic heterocycles. The third kappa shape index (κ3) is 2.69. The van der Waals surface area contributed by atoms with Crippen molar-refractivity contribution in [3.05, 3.63) is 53.3 Å². The molecule has 1 aromatic carbocycles. The quantitative estimate of drug-likeness (QED) is 0.918. The van der Waals surface area contributed by atoms with Gasteiger partial charge in [0.25, 0.3) is 0 Å². The van der Waals surface area contributed by atoms with E-state index in [4.69, 9.17) is 0 Å². The molecule has 0 radical (unpaired) electrons. The first-order valence-electron chi connectivity index (χ1n) is 7.15. The van der Waals surface area contributed by atoms with Crippen molar-refractivity contribution in [3.8, 4) is 0 Å². The SMILES string of the molecule is Cn1ccc(CC(=O)N2CCc3ccccc3C2CO)n1. The van der Waals surface area contributed by atoms with Crippen LogP contribution in [0.1, 0.15) is 22.9 Å². The lowest BCUT2D eigenvalue weighted by molar-refractivity contribution is -0.134. The molecule has 0 spiro atoms. The fraction of sp³-hybridized carbons (Fsp3) is 0.375. The maximum absolute atomic E-state index is 12.5. The monoisotopic (exact) mass is 285 g/mol. The first-order chi connectivity index (χ1) is 10.2. The van der Waals surface area contributed by atoms with Crippen LogP contribution in [0.25, 0.3) is 0 Å². The predicted molar refractivity (Wildman–Crippen MR) is 78.6 cm³/mol. The number of hydrogen-bond donors (Lipinski definition) is 1. The third-order valence-corrected chi connectivity index (χ3v) is 4.01. The number of amides is 1. The molecule has 0 saturated carbocycles. The van der Waals surface area contributed by atoms with Crippen molar-refractivity contribution < 1.29 is 9.90 Å². The third-order valence-electron chi connectivity index (χ3n) is 4.01. The van der Waals surface area contributed by atoms with E-state index in [1.807, 2.05) is 37.5 Å². The fourth-order valence-electron chi connectivity index (χ4n) is 2.96. The number of rotatable bonds is 3. The number of carbonyl (C=O) groups excluding carboxylic acids is 1. The Balaban J connectivity index is 1.80. The average molecular weight is 285 g/mol. The lowest BCUT2D eigenvalue weighted by Crippen LogP contribution is -2.42. The minimum Gasteiger partial charge on any atom is -0.394 e. The van der Waals surface area contributed by atoms with Gasteiger partial charge in [-0.3, -0.25) is 9.48 Å². The zero-order valence-electron chi connectivity index (χ0n) is 12.1. The highest BCUT2D eigenvalue weighted by atomic mass is 16.3. The molecule has 5 nitrogen and oxygen atoms in total. The molecule has 1 atom stereocenters. The lowest BCUT2D eigenvalue weighted by Gasteiger charge is -2.36. The van der Waals surface area contributed by atoms with Crippen LogP contribution in [0.5, 0.6) is 0 Å². The largest absolute Gasteiger partial charge is 0.394 e. The van der Waals surface area contributed by atoms with Crippen LogP contribution in [0.3, 0.4) is 0 Å². The Hall–Kier alpha value is -2.14. The summed E-state index contributed by atoms with van der Waals surface area (Å²) < 4.78 is 1.69. The Bertz CT molecular complexity index is 650. The summed E-state index contributed by atoms with van der Waals surface area (Å²) in [6, 6.07) is 9.62. The normalized spacial score (nSPS) is 17.6. The lowest BCUT2D eigenvalue weighted by atomic mass is 9.92. The zero-order chi connectivity index (χ0) is 14.8. The molecule has 1 N–H and O–H groups in total. The second kappa shape index (κ2) is 5.69. The summed E-state index contributed by atoms with van der Waals surface area (Å²) in [7, 11) is 1.83. The molecule has 110 valence electrons. The summed E-state index contributed by atoms with van der Waals surface area (Å²) in [6.45, 7) is 0.596. The smallest absolute Gasteiger partial charge is 0.229 e. The molecular formula is C16H19N3O2. The van der Waals surface area contributed by atoms with Crippen LogP contribution in [-0.2, 0) is 24.7 Å². The van der Waals surface area contributed by atoms with Crippen LogP contribution in [0.2, 0.25) is 0 Å². The number of aliphatic hydroxyl groups excluding tert-OH is 1. The van der Waals surface area contributed by atoms with E-state index in [9.17, 15) is 9.90 Å². The Morgan fingerprint density at radius 1 is 1.38 bits per heavy atom. The number of aryl methyl sites for hydroxylation is 1. The van der Waals surface area contributed by atoms with Gasteiger partial charge in [0, 0.05) is 19.8 Å². The summed E-state index contributed by atoms with van der Waals surface area (Å²) in [6.07, 6.45) is 2.94. The molecule has 1 unspecified atom stereocenters. The van der Waals surface area contributed by atoms with Gasteiger partial charge >= 0.3 is 0 Å². The minimum absolute atomic E-state index is 0.0160. The van der Waals surface area contributed by atoms with Gasteiger partial charge in [0.1, 0.15) is 0 Å². The number of carbonyl (C=O) groups is 1. The van der Waals surface area contributed by atoms with Gasteiger partial charge in [0.05, 0.1) is 24.8 Å². The van der Waals surface area contributed by atoms with Crippen molar-refractivity contribution in [2.45, 2.75) is 18.9 Å². The van der Waals surface area contributed by atoms with Crippen molar-refractivity contribution in [1.82, 2.24) is 14.7 Å². The van der Waals surface area contributed by atoms with E-state index in [0.717, 1.165) is 17.7 Å². The Morgan fingerprint density at radius 2 is 2.19 bits per heavy atom. The molecule has 2 heterocycles. The average Bonchev–Trinajstić information content (AvgIpc) is 2.91. The van der Waals surface area contributed by atoms with E-state index in [-0.39, 0.29) is 25.0 Å². The molecule has 2 aromatic rings. The number of aromatic nitrogens is 2. The molecule has 0 aliphatic carbocycles. The topological polar surface area (TPSA) is 58.4 Å². The van der Waals surface area contributed by atoms with Gasteiger partial charge in [-0.15, -0.1) is 0 Å². The molecule has 0 fully saturated rings. The Labute approximate surface area is 123 Å². The van der Waals surface area contributed by atoms with Gasteiger partial charge in [-0.2, -0.15) is 5.10 Å². The maximum Gasteiger partial charge on any atom is 0.229 e. The fourth-order valence-corrected chi connectivity index (χ4v) is 2.96. The first-order valence-corrected chi connectivity index (χ1v) is 7.15. The minimum atomic E-state index is -0.244. The number of fused-ring (bicyclic) bond motifs is 1. The van der Waals surface area contributed by atoms with Crippen molar-refractivity contribution in [2.75, 3.05) is 13.2 Å². The van der Waals surface area contributed by atoms with Crippen molar-refractivity contribution in [3.63, 3.8) is 0 Å². The molecule has 1 aliphatic rings. The van der Waals surface area contributed by atoms with Crippen LogP contribution < -0.4 is 0 Å². The predicted octanol–water partition coefficient (Wildman–Crippen LogP) is 1.08. The van der Waals surface area contributed by atoms with Crippen molar-refractivity contribution in [2.24, 2.45) is 7.05 Å². The van der Waals surface area contributed by atoms with E-state index in [1.54, 1.807) is 9.58 Å². The maximum atomic E-state index is 12.5. The highest BCUT2D eigenvalue weighted by Gasteiger charge is 2.30. The number of benzene rings is 1. The number of hydrogen-bond acceptors (Lipinski definition) is 3. The first kappa shape index (κ1) is 13.8. The van der Waals surface area contributed by atoms with E-state index in [2.05, 4.69) is 11.2 Å². The van der Waals surface area contributed by atoms with Crippen LogP contribution in [0.15, 0.2) is 36.5 Å². The summed E-state index contributed by atoms with van der Waals surface area (Å²) in [5, 5.41) is 14.0. The second-order valence-corrected chi connectivity index (χ2v) is 5.39. The summed E-state index contributed by atoms with van der Waals surface area (Å²) >= 11 is 0. The van der Waals surface area contributed by atoms with Gasteiger partial charge in [-0.25, -0.2) is 0 Å². The van der Waals surface area contributed by atoms with Gasteiger partial charge in [0.2, 0.25) is 5.91 Å². The van der Waals surface area contributed by atoms with Crippen LogP contribution in [-0.4, -0.2) is 38.8 Å². The molecule has 1 amide bonds. The van der Waals surface area contributed by atoms with Crippen LogP contribution >= 0.6 is 0 Å². The van der Waals surface area contributed by atoms with Crippen molar-refractivity contribution in [1.29, 1.82) is 0 Å². The molecule has 0 saturated heterocycles. The summed E-state index contributed by atoms with van der Waals surface area (Å²) in [4.78, 5) is 14.3. The second-order valence-electron chi connectivity index (χ2n) is 5.39. The zero-order valence-corrected chi connectivity index (χ0v) is 12.1. The van der Waals surface area contributed by atoms with E-state index in [0.29, 0.717) is 6.54 Å². The molecule has 1 aromatic heterocycles. The molecular weight excluding hydrogens is 266 g/mol. The highest BCUT2D eigenvalue weighted by molar-refractivity contribution is 5.79. The van der Waals surface area contributed by atoms with E-state index in [1.165, 1.54) is 5.56 Å².